The molecule has 3 N–H and O–H groups in total. The number of thioether (sulfide) groups is 1. The standard InChI is InChI=1S/C24H29N5O3S/c1-2-3-14-28-22(25)21(23(31)27-24(28)32)29(16-18-9-5-4-6-10-18)20(30)12-15-33-17-19-11-7-8-13-26-19/h4-11,13H,2-3,12,14-17,25H2,1H3,(H,27,31,32). The summed E-state index contributed by atoms with van der Waals surface area (Å²) >= 11 is 1.60. The van der Waals surface area contributed by atoms with Gasteiger partial charge in [-0.05, 0) is 24.1 Å². The van der Waals surface area contributed by atoms with Gasteiger partial charge in [0.15, 0.2) is 5.69 Å². The molecule has 0 radical (unpaired) electrons. The Labute approximate surface area is 196 Å². The van der Waals surface area contributed by atoms with Crippen LogP contribution in [0.4, 0.5) is 11.5 Å². The molecular formula is C24H29N5O3S. The monoisotopic (exact) mass is 467 g/mol. The number of amides is 1. The molecule has 0 fully saturated rings. The predicted octanol–water partition coefficient (Wildman–Crippen LogP) is 3.17. The Bertz CT molecular complexity index is 1160. The molecule has 3 aromatic rings. The molecule has 0 aliphatic rings. The molecule has 0 aliphatic carbocycles. The maximum Gasteiger partial charge on any atom is 0.330 e. The van der Waals surface area contributed by atoms with Crippen LogP contribution in [0.5, 0.6) is 0 Å². The van der Waals surface area contributed by atoms with Gasteiger partial charge in [0.2, 0.25) is 5.91 Å². The molecule has 9 heteroatoms. The molecule has 0 saturated heterocycles. The molecule has 8 nitrogen and oxygen atoms in total. The van der Waals surface area contributed by atoms with Gasteiger partial charge >= 0.3 is 5.69 Å². The smallest absolute Gasteiger partial charge is 0.330 e. The summed E-state index contributed by atoms with van der Waals surface area (Å²) in [7, 11) is 0. The predicted molar refractivity (Wildman–Crippen MR) is 133 cm³/mol. The van der Waals surface area contributed by atoms with Gasteiger partial charge in [0.05, 0.1) is 12.2 Å². The van der Waals surface area contributed by atoms with Crippen molar-refractivity contribution in [3.8, 4) is 0 Å². The van der Waals surface area contributed by atoms with E-state index < -0.39 is 11.2 Å². The number of carbonyl (C=O) groups excluding carboxylic acids is 1. The molecule has 0 atom stereocenters. The van der Waals surface area contributed by atoms with E-state index in [1.165, 1.54) is 9.47 Å². The summed E-state index contributed by atoms with van der Waals surface area (Å²) in [6.45, 7) is 2.56. The van der Waals surface area contributed by atoms with Crippen LogP contribution in [0.15, 0.2) is 64.3 Å². The van der Waals surface area contributed by atoms with Crippen LogP contribution in [0, 0.1) is 0 Å². The Morgan fingerprint density at radius 3 is 2.61 bits per heavy atom. The first-order chi connectivity index (χ1) is 16.0. The van der Waals surface area contributed by atoms with Gasteiger partial charge < -0.3 is 10.6 Å². The van der Waals surface area contributed by atoms with E-state index in [9.17, 15) is 14.4 Å². The Balaban J connectivity index is 1.84. The van der Waals surface area contributed by atoms with Crippen molar-refractivity contribution in [3.63, 3.8) is 0 Å². The van der Waals surface area contributed by atoms with Crippen LogP contribution < -0.4 is 21.9 Å². The number of hydrogen-bond acceptors (Lipinski definition) is 6. The third kappa shape index (κ3) is 6.58. The average molecular weight is 468 g/mol. The van der Waals surface area contributed by atoms with Crippen LogP contribution in [0.2, 0.25) is 0 Å². The van der Waals surface area contributed by atoms with E-state index in [2.05, 4.69) is 9.97 Å². The highest BCUT2D eigenvalue weighted by Crippen LogP contribution is 2.22. The number of rotatable bonds is 11. The summed E-state index contributed by atoms with van der Waals surface area (Å²) in [6.07, 6.45) is 3.55. The van der Waals surface area contributed by atoms with Gasteiger partial charge in [0, 0.05) is 30.7 Å². The summed E-state index contributed by atoms with van der Waals surface area (Å²) in [5.41, 5.74) is 6.89. The lowest BCUT2D eigenvalue weighted by Crippen LogP contribution is -2.41. The number of nitrogen functional groups attached to an aromatic ring is 1. The molecule has 0 saturated carbocycles. The highest BCUT2D eigenvalue weighted by molar-refractivity contribution is 7.98. The Kier molecular flexibility index (Phi) is 8.88. The number of pyridine rings is 1. The van der Waals surface area contributed by atoms with E-state index in [1.807, 2.05) is 55.5 Å². The quantitative estimate of drug-likeness (QED) is 0.419. The Hall–Kier alpha value is -3.33. The van der Waals surface area contributed by atoms with E-state index in [4.69, 9.17) is 5.73 Å². The first-order valence-corrected chi connectivity index (χ1v) is 12.1. The first-order valence-electron chi connectivity index (χ1n) is 11.0. The summed E-state index contributed by atoms with van der Waals surface area (Å²) in [5, 5.41) is 0. The molecule has 0 bridgehead atoms. The number of benzene rings is 1. The average Bonchev–Trinajstić information content (AvgIpc) is 2.82. The summed E-state index contributed by atoms with van der Waals surface area (Å²) in [5.74, 6) is 1.04. The summed E-state index contributed by atoms with van der Waals surface area (Å²) < 4.78 is 1.33. The number of unbranched alkanes of at least 4 members (excludes halogenated alkanes) is 1. The zero-order chi connectivity index (χ0) is 23.6. The largest absolute Gasteiger partial charge is 0.383 e. The van der Waals surface area contributed by atoms with Crippen molar-refractivity contribution in [1.29, 1.82) is 0 Å². The van der Waals surface area contributed by atoms with E-state index >= 15 is 0 Å². The van der Waals surface area contributed by atoms with Gasteiger partial charge in [-0.3, -0.25) is 24.1 Å². The number of nitrogens with one attached hydrogen (secondary N) is 1. The minimum atomic E-state index is -0.657. The number of carbonyl (C=O) groups is 1. The highest BCUT2D eigenvalue weighted by atomic mass is 32.2. The lowest BCUT2D eigenvalue weighted by molar-refractivity contribution is -0.118. The zero-order valence-electron chi connectivity index (χ0n) is 18.7. The number of anilines is 2. The van der Waals surface area contributed by atoms with Crippen molar-refractivity contribution in [3.05, 3.63) is 86.8 Å². The maximum absolute atomic E-state index is 13.3. The molecule has 1 amide bonds. The van der Waals surface area contributed by atoms with Gasteiger partial charge in [-0.1, -0.05) is 49.7 Å². The fourth-order valence-corrected chi connectivity index (χ4v) is 4.23. The van der Waals surface area contributed by atoms with Crippen LogP contribution in [0.1, 0.15) is 37.4 Å². The number of H-pyrrole nitrogens is 1. The topological polar surface area (TPSA) is 114 Å². The van der Waals surface area contributed by atoms with Crippen molar-refractivity contribution in [1.82, 2.24) is 14.5 Å². The van der Waals surface area contributed by atoms with Crippen molar-refractivity contribution in [2.24, 2.45) is 0 Å². The molecule has 174 valence electrons. The number of hydrogen-bond donors (Lipinski definition) is 2. The summed E-state index contributed by atoms with van der Waals surface area (Å²) in [4.78, 5) is 46.4. The fraction of sp³-hybridized carbons (Fsp3) is 0.333. The third-order valence-electron chi connectivity index (χ3n) is 5.14. The molecule has 2 heterocycles. The SMILES string of the molecule is CCCCn1c(N)c(N(Cc2ccccc2)C(=O)CCSCc2ccccn2)c(=O)[nH]c1=O. The van der Waals surface area contributed by atoms with Gasteiger partial charge in [-0.2, -0.15) is 11.8 Å². The third-order valence-corrected chi connectivity index (χ3v) is 6.13. The molecule has 2 aromatic heterocycles. The molecular weight excluding hydrogens is 438 g/mol. The Morgan fingerprint density at radius 1 is 1.15 bits per heavy atom. The minimum Gasteiger partial charge on any atom is -0.383 e. The van der Waals surface area contributed by atoms with Gasteiger partial charge in [-0.15, -0.1) is 0 Å². The number of aromatic nitrogens is 3. The van der Waals surface area contributed by atoms with Crippen molar-refractivity contribution < 1.29 is 4.79 Å². The van der Waals surface area contributed by atoms with Crippen LogP contribution >= 0.6 is 11.8 Å². The zero-order valence-corrected chi connectivity index (χ0v) is 19.5. The lowest BCUT2D eigenvalue weighted by atomic mass is 10.2. The van der Waals surface area contributed by atoms with Gasteiger partial charge in [-0.25, -0.2) is 4.79 Å². The summed E-state index contributed by atoms with van der Waals surface area (Å²) in [6, 6.07) is 15.1. The second-order valence-electron chi connectivity index (χ2n) is 7.59. The van der Waals surface area contributed by atoms with E-state index in [0.717, 1.165) is 24.1 Å². The van der Waals surface area contributed by atoms with Crippen LogP contribution in [0.25, 0.3) is 0 Å². The maximum atomic E-state index is 13.3. The van der Waals surface area contributed by atoms with Gasteiger partial charge in [0.25, 0.3) is 5.56 Å². The van der Waals surface area contributed by atoms with Crippen LogP contribution in [0.3, 0.4) is 0 Å². The molecule has 3 rings (SSSR count). The molecule has 0 spiro atoms. The highest BCUT2D eigenvalue weighted by Gasteiger charge is 2.24. The lowest BCUT2D eigenvalue weighted by Gasteiger charge is -2.25. The number of nitrogens with zero attached hydrogens (tertiary/aromatic N) is 3. The van der Waals surface area contributed by atoms with E-state index in [1.54, 1.807) is 18.0 Å². The molecule has 33 heavy (non-hydrogen) atoms. The van der Waals surface area contributed by atoms with Crippen LogP contribution in [-0.2, 0) is 23.6 Å². The van der Waals surface area contributed by atoms with Crippen LogP contribution in [-0.4, -0.2) is 26.2 Å². The van der Waals surface area contributed by atoms with Crippen molar-refractivity contribution >= 4 is 29.2 Å². The number of aromatic amines is 1. The van der Waals surface area contributed by atoms with E-state index in [0.29, 0.717) is 18.1 Å². The molecule has 1 aromatic carbocycles. The van der Waals surface area contributed by atoms with Gasteiger partial charge in [0.1, 0.15) is 5.82 Å². The van der Waals surface area contributed by atoms with E-state index in [-0.39, 0.29) is 30.4 Å². The second kappa shape index (κ2) is 12.1. The molecule has 0 unspecified atom stereocenters. The minimum absolute atomic E-state index is 0.0163. The fourth-order valence-electron chi connectivity index (χ4n) is 3.39. The van der Waals surface area contributed by atoms with Crippen molar-refractivity contribution in [2.45, 2.75) is 45.0 Å². The Morgan fingerprint density at radius 2 is 1.91 bits per heavy atom. The number of nitrogens with two attached hydrogens (primary N) is 1. The normalized spacial score (nSPS) is 10.8. The first kappa shape index (κ1) is 24.3. The van der Waals surface area contributed by atoms with Crippen molar-refractivity contribution in [2.75, 3.05) is 16.4 Å². The second-order valence-corrected chi connectivity index (χ2v) is 8.69. The molecule has 0 aliphatic heterocycles.